The van der Waals surface area contributed by atoms with Crippen LogP contribution in [-0.2, 0) is 0 Å². The maximum absolute atomic E-state index is 11.2. The molecule has 0 aliphatic heterocycles. The Bertz CT molecular complexity index is 621. The summed E-state index contributed by atoms with van der Waals surface area (Å²) in [7, 11) is 0. The first-order valence-corrected chi connectivity index (χ1v) is 4.45. The number of primary amides is 1. The number of nitrogens with one attached hydrogen (secondary N) is 2. The molecule has 0 spiro atoms. The highest BCUT2D eigenvalue weighted by Crippen LogP contribution is 2.18. The second-order valence-corrected chi connectivity index (χ2v) is 3.68. The third kappa shape index (κ3) is 1.23. The Balaban J connectivity index is 2.90. The summed E-state index contributed by atoms with van der Waals surface area (Å²) in [5, 5.41) is 0. The van der Waals surface area contributed by atoms with Gasteiger partial charge in [-0.15, -0.1) is 11.3 Å². The Hall–Kier alpha value is -1.89. The van der Waals surface area contributed by atoms with Crippen molar-refractivity contribution in [3.8, 4) is 0 Å². The van der Waals surface area contributed by atoms with Gasteiger partial charge in [0, 0.05) is 0 Å². The zero-order chi connectivity index (χ0) is 10.3. The molecule has 0 aliphatic rings. The molecule has 0 bridgehead atoms. The molecule has 14 heavy (non-hydrogen) atoms. The molecule has 6 nitrogen and oxygen atoms in total. The van der Waals surface area contributed by atoms with Crippen molar-refractivity contribution in [1.29, 1.82) is 0 Å². The van der Waals surface area contributed by atoms with E-state index >= 15 is 0 Å². The first-order valence-electron chi connectivity index (χ1n) is 3.64. The minimum Gasteiger partial charge on any atom is -0.365 e. The van der Waals surface area contributed by atoms with E-state index < -0.39 is 17.2 Å². The Kier molecular flexibility index (Phi) is 1.74. The maximum atomic E-state index is 11.2. The van der Waals surface area contributed by atoms with Gasteiger partial charge in [0.05, 0.1) is 10.4 Å². The smallest absolute Gasteiger partial charge is 0.326 e. The number of nitrogens with two attached hydrogens (primary N) is 1. The molecule has 7 heteroatoms. The lowest BCUT2D eigenvalue weighted by molar-refractivity contribution is 0.100. The summed E-state index contributed by atoms with van der Waals surface area (Å²) in [4.78, 5) is 37.6. The molecule has 0 aliphatic carbocycles. The lowest BCUT2D eigenvalue weighted by Gasteiger charge is -1.84. The van der Waals surface area contributed by atoms with E-state index in [9.17, 15) is 14.4 Å². The summed E-state index contributed by atoms with van der Waals surface area (Å²) in [5.74, 6) is -0.619. The predicted molar refractivity (Wildman–Crippen MR) is 51.6 cm³/mol. The molecular formula is C7H5N3O3S. The van der Waals surface area contributed by atoms with Crippen LogP contribution in [0.4, 0.5) is 0 Å². The van der Waals surface area contributed by atoms with Crippen LogP contribution in [-0.4, -0.2) is 15.9 Å². The third-order valence-corrected chi connectivity index (χ3v) is 2.80. The molecule has 2 aromatic heterocycles. The molecule has 72 valence electrons. The largest absolute Gasteiger partial charge is 0.365 e. The number of carbonyl (C=O) groups is 1. The minimum absolute atomic E-state index is 0.243. The van der Waals surface area contributed by atoms with Gasteiger partial charge in [0.1, 0.15) is 4.70 Å². The van der Waals surface area contributed by atoms with Crippen molar-refractivity contribution in [2.75, 3.05) is 0 Å². The maximum Gasteiger partial charge on any atom is 0.326 e. The van der Waals surface area contributed by atoms with Crippen molar-refractivity contribution < 1.29 is 4.79 Å². The average Bonchev–Trinajstić information content (AvgIpc) is 2.47. The summed E-state index contributed by atoms with van der Waals surface area (Å²) < 4.78 is 0.290. The quantitative estimate of drug-likeness (QED) is 0.584. The van der Waals surface area contributed by atoms with E-state index in [0.717, 1.165) is 11.3 Å². The van der Waals surface area contributed by atoms with Gasteiger partial charge in [0.15, 0.2) is 0 Å². The molecule has 0 atom stereocenters. The molecule has 2 aromatic rings. The van der Waals surface area contributed by atoms with Crippen molar-refractivity contribution in [2.45, 2.75) is 0 Å². The van der Waals surface area contributed by atoms with E-state index in [0.29, 0.717) is 10.2 Å². The Morgan fingerprint density at radius 1 is 1.36 bits per heavy atom. The van der Waals surface area contributed by atoms with Gasteiger partial charge in [-0.1, -0.05) is 0 Å². The summed E-state index contributed by atoms with van der Waals surface area (Å²) in [6.45, 7) is 0. The molecule has 0 saturated heterocycles. The number of fused-ring (bicyclic) bond motifs is 1. The van der Waals surface area contributed by atoms with E-state index in [1.165, 1.54) is 6.07 Å². The van der Waals surface area contributed by atoms with Crippen molar-refractivity contribution >= 4 is 27.5 Å². The Morgan fingerprint density at radius 3 is 2.71 bits per heavy atom. The topological polar surface area (TPSA) is 109 Å². The number of hydrogen-bond acceptors (Lipinski definition) is 4. The minimum atomic E-state index is -0.619. The van der Waals surface area contributed by atoms with Crippen LogP contribution < -0.4 is 17.0 Å². The standard InChI is InChI=1S/C7H5N3O3S/c8-5(11)3-1-2-4(14-3)6(12)10-7(13)9-2/h1H,(H2,8,11)(H2,9,10,12,13). The molecule has 0 unspecified atom stereocenters. The SMILES string of the molecule is NC(=O)c1cc2[nH]c(=O)[nH]c(=O)c2s1. The Labute approximate surface area is 80.4 Å². The fraction of sp³-hybridized carbons (Fsp3) is 0. The summed E-state index contributed by atoms with van der Waals surface area (Å²) in [5.41, 5.74) is 4.25. The number of thiophene rings is 1. The number of aromatic amines is 2. The van der Waals surface area contributed by atoms with Crippen LogP contribution in [0.2, 0.25) is 0 Å². The molecule has 2 rings (SSSR count). The van der Waals surface area contributed by atoms with Crippen LogP contribution in [0, 0.1) is 0 Å². The number of carbonyl (C=O) groups excluding carboxylic acids is 1. The van der Waals surface area contributed by atoms with Crippen LogP contribution in [0.3, 0.4) is 0 Å². The number of rotatable bonds is 1. The average molecular weight is 211 g/mol. The lowest BCUT2D eigenvalue weighted by atomic mass is 10.4. The van der Waals surface area contributed by atoms with E-state index in [1.807, 2.05) is 0 Å². The molecule has 2 heterocycles. The van der Waals surface area contributed by atoms with Crippen molar-refractivity contribution in [3.05, 3.63) is 31.8 Å². The second kappa shape index (κ2) is 2.81. The molecule has 1 amide bonds. The zero-order valence-electron chi connectivity index (χ0n) is 6.79. The van der Waals surface area contributed by atoms with Crippen molar-refractivity contribution in [1.82, 2.24) is 9.97 Å². The number of amides is 1. The van der Waals surface area contributed by atoms with Crippen LogP contribution in [0.15, 0.2) is 15.7 Å². The van der Waals surface area contributed by atoms with Gasteiger partial charge in [-0.2, -0.15) is 0 Å². The van der Waals surface area contributed by atoms with Gasteiger partial charge in [-0.05, 0) is 6.07 Å². The number of aromatic nitrogens is 2. The van der Waals surface area contributed by atoms with Crippen molar-refractivity contribution in [3.63, 3.8) is 0 Å². The van der Waals surface area contributed by atoms with Gasteiger partial charge in [-0.25, -0.2) is 4.79 Å². The van der Waals surface area contributed by atoms with Crippen molar-refractivity contribution in [2.24, 2.45) is 5.73 Å². The van der Waals surface area contributed by atoms with E-state index in [2.05, 4.69) is 9.97 Å². The molecular weight excluding hydrogens is 206 g/mol. The zero-order valence-corrected chi connectivity index (χ0v) is 7.60. The van der Waals surface area contributed by atoms with E-state index in [-0.39, 0.29) is 4.88 Å². The van der Waals surface area contributed by atoms with Gasteiger partial charge >= 0.3 is 5.69 Å². The molecule has 0 aromatic carbocycles. The third-order valence-electron chi connectivity index (χ3n) is 1.66. The molecule has 0 saturated carbocycles. The fourth-order valence-corrected chi connectivity index (χ4v) is 1.95. The summed E-state index contributed by atoms with van der Waals surface area (Å²) in [6, 6.07) is 1.39. The van der Waals surface area contributed by atoms with Crippen LogP contribution in [0.5, 0.6) is 0 Å². The second-order valence-electron chi connectivity index (χ2n) is 2.63. The number of hydrogen-bond donors (Lipinski definition) is 3. The molecule has 0 radical (unpaired) electrons. The van der Waals surface area contributed by atoms with Gasteiger partial charge in [0.2, 0.25) is 0 Å². The highest BCUT2D eigenvalue weighted by molar-refractivity contribution is 7.20. The first-order chi connectivity index (χ1) is 6.58. The monoisotopic (exact) mass is 211 g/mol. The van der Waals surface area contributed by atoms with E-state index in [4.69, 9.17) is 5.73 Å². The Morgan fingerprint density at radius 2 is 2.07 bits per heavy atom. The summed E-state index contributed by atoms with van der Waals surface area (Å²) in [6.07, 6.45) is 0. The van der Waals surface area contributed by atoms with Gasteiger partial charge < -0.3 is 10.7 Å². The molecule has 4 N–H and O–H groups in total. The summed E-state index contributed by atoms with van der Waals surface area (Å²) >= 11 is 0.952. The molecule has 0 fully saturated rings. The van der Waals surface area contributed by atoms with Gasteiger partial charge in [0.25, 0.3) is 11.5 Å². The van der Waals surface area contributed by atoms with Gasteiger partial charge in [-0.3, -0.25) is 14.6 Å². The van der Waals surface area contributed by atoms with Crippen LogP contribution in [0.1, 0.15) is 9.67 Å². The predicted octanol–water partition coefficient (Wildman–Crippen LogP) is -0.623. The number of H-pyrrole nitrogens is 2. The lowest BCUT2D eigenvalue weighted by Crippen LogP contribution is -2.20. The van der Waals surface area contributed by atoms with Crippen LogP contribution in [0.25, 0.3) is 10.2 Å². The van der Waals surface area contributed by atoms with Crippen LogP contribution >= 0.6 is 11.3 Å². The fourth-order valence-electron chi connectivity index (χ4n) is 1.09. The highest BCUT2D eigenvalue weighted by Gasteiger charge is 2.09. The highest BCUT2D eigenvalue weighted by atomic mass is 32.1. The first kappa shape index (κ1) is 8.70. The van der Waals surface area contributed by atoms with E-state index in [1.54, 1.807) is 0 Å². The normalized spacial score (nSPS) is 10.6.